The van der Waals surface area contributed by atoms with Crippen LogP contribution in [0.3, 0.4) is 0 Å². The van der Waals surface area contributed by atoms with Gasteiger partial charge >= 0.3 is 0 Å². The van der Waals surface area contributed by atoms with Crippen LogP contribution >= 0.6 is 0 Å². The van der Waals surface area contributed by atoms with Crippen LogP contribution in [0.25, 0.3) is 0 Å². The molecule has 4 heteroatoms. The summed E-state index contributed by atoms with van der Waals surface area (Å²) >= 11 is 0. The Morgan fingerprint density at radius 3 is 2.61 bits per heavy atom. The Balaban J connectivity index is 1.80. The summed E-state index contributed by atoms with van der Waals surface area (Å²) in [6.07, 6.45) is 2.51. The number of likely N-dealkylation sites (N-methyl/N-ethyl adjacent to an activating group) is 1. The number of nitrogens with two attached hydrogens (primary N) is 1. The zero-order valence-electron chi connectivity index (χ0n) is 10.8. The van der Waals surface area contributed by atoms with Gasteiger partial charge in [-0.25, -0.2) is 0 Å². The molecule has 0 aliphatic heterocycles. The number of hydrogen-bond acceptors (Lipinski definition) is 3. The van der Waals surface area contributed by atoms with Gasteiger partial charge in [0.15, 0.2) is 6.61 Å². The predicted molar refractivity (Wildman–Crippen MR) is 71.3 cm³/mol. The molecule has 0 aromatic heterocycles. The highest BCUT2D eigenvalue weighted by molar-refractivity contribution is 5.77. The van der Waals surface area contributed by atoms with Crippen LogP contribution in [0, 0.1) is 5.92 Å². The lowest BCUT2D eigenvalue weighted by Crippen LogP contribution is -2.36. The maximum Gasteiger partial charge on any atom is 0.260 e. The number of anilines is 1. The summed E-state index contributed by atoms with van der Waals surface area (Å²) in [4.78, 5) is 13.8. The van der Waals surface area contributed by atoms with Crippen molar-refractivity contribution >= 4 is 11.6 Å². The molecule has 1 fully saturated rings. The van der Waals surface area contributed by atoms with Crippen LogP contribution in [0.15, 0.2) is 24.3 Å². The number of carbonyl (C=O) groups excluding carboxylic acids is 1. The summed E-state index contributed by atoms with van der Waals surface area (Å²) in [6, 6.07) is 7.09. The summed E-state index contributed by atoms with van der Waals surface area (Å²) in [5, 5.41) is 0. The molecule has 4 nitrogen and oxygen atoms in total. The minimum Gasteiger partial charge on any atom is -0.484 e. The Labute approximate surface area is 108 Å². The summed E-state index contributed by atoms with van der Waals surface area (Å²) in [5.74, 6) is 1.45. The van der Waals surface area contributed by atoms with E-state index in [1.165, 1.54) is 12.8 Å². The molecular formula is C14H20N2O2. The monoisotopic (exact) mass is 248 g/mol. The minimum atomic E-state index is 0.0567. The minimum absolute atomic E-state index is 0.0567. The summed E-state index contributed by atoms with van der Waals surface area (Å²) in [6.45, 7) is 3.73. The lowest BCUT2D eigenvalue weighted by Gasteiger charge is -2.20. The van der Waals surface area contributed by atoms with Gasteiger partial charge < -0.3 is 15.4 Å². The molecule has 1 saturated carbocycles. The van der Waals surface area contributed by atoms with Gasteiger partial charge in [-0.15, -0.1) is 0 Å². The molecule has 18 heavy (non-hydrogen) atoms. The van der Waals surface area contributed by atoms with E-state index in [0.717, 1.165) is 13.1 Å². The third kappa shape index (κ3) is 3.65. The Bertz CT molecular complexity index is 399. The maximum atomic E-state index is 12.0. The average molecular weight is 248 g/mol. The highest BCUT2D eigenvalue weighted by atomic mass is 16.5. The fourth-order valence-electron chi connectivity index (χ4n) is 1.82. The number of nitrogen functional groups attached to an aromatic ring is 1. The molecule has 0 atom stereocenters. The largest absolute Gasteiger partial charge is 0.484 e. The smallest absolute Gasteiger partial charge is 0.260 e. The number of amides is 1. The number of nitrogens with zero attached hydrogens (tertiary/aromatic N) is 1. The van der Waals surface area contributed by atoms with Gasteiger partial charge in [0.2, 0.25) is 0 Å². The normalized spacial score (nSPS) is 14.3. The lowest BCUT2D eigenvalue weighted by atomic mass is 10.3. The second-order valence-electron chi connectivity index (χ2n) is 4.73. The van der Waals surface area contributed by atoms with E-state index in [1.807, 2.05) is 11.8 Å². The van der Waals surface area contributed by atoms with Crippen molar-refractivity contribution in [3.8, 4) is 5.75 Å². The highest BCUT2D eigenvalue weighted by Crippen LogP contribution is 2.29. The van der Waals surface area contributed by atoms with Crippen molar-refractivity contribution in [2.45, 2.75) is 19.8 Å². The van der Waals surface area contributed by atoms with Gasteiger partial charge in [0.1, 0.15) is 5.75 Å². The maximum absolute atomic E-state index is 12.0. The SMILES string of the molecule is CCN(CC1CC1)C(=O)COc1ccc(N)cc1. The highest BCUT2D eigenvalue weighted by Gasteiger charge is 2.25. The molecule has 0 radical (unpaired) electrons. The standard InChI is InChI=1S/C14H20N2O2/c1-2-16(9-11-3-4-11)14(17)10-18-13-7-5-12(15)6-8-13/h5-8,11H,2-4,9-10,15H2,1H3. The first kappa shape index (κ1) is 12.7. The second kappa shape index (κ2) is 5.76. The van der Waals surface area contributed by atoms with Crippen LogP contribution in [-0.2, 0) is 4.79 Å². The molecule has 1 amide bonds. The molecular weight excluding hydrogens is 228 g/mol. The van der Waals surface area contributed by atoms with E-state index < -0.39 is 0 Å². The van der Waals surface area contributed by atoms with Crippen molar-refractivity contribution in [2.75, 3.05) is 25.4 Å². The Morgan fingerprint density at radius 1 is 1.39 bits per heavy atom. The van der Waals surface area contributed by atoms with Gasteiger partial charge in [-0.1, -0.05) is 0 Å². The molecule has 0 bridgehead atoms. The number of hydrogen-bond donors (Lipinski definition) is 1. The third-order valence-corrected chi connectivity index (χ3v) is 3.15. The zero-order chi connectivity index (χ0) is 13.0. The Hall–Kier alpha value is -1.71. The van der Waals surface area contributed by atoms with Gasteiger partial charge in [-0.2, -0.15) is 0 Å². The molecule has 2 N–H and O–H groups in total. The van der Waals surface area contributed by atoms with Crippen molar-refractivity contribution in [2.24, 2.45) is 5.92 Å². The lowest BCUT2D eigenvalue weighted by molar-refractivity contribution is -0.133. The molecule has 1 aliphatic rings. The van der Waals surface area contributed by atoms with Gasteiger partial charge in [-0.05, 0) is 49.9 Å². The molecule has 0 heterocycles. The topological polar surface area (TPSA) is 55.6 Å². The Morgan fingerprint density at radius 2 is 2.06 bits per heavy atom. The van der Waals surface area contributed by atoms with E-state index >= 15 is 0 Å². The second-order valence-corrected chi connectivity index (χ2v) is 4.73. The fraction of sp³-hybridized carbons (Fsp3) is 0.500. The van der Waals surface area contributed by atoms with Crippen molar-refractivity contribution in [3.05, 3.63) is 24.3 Å². The van der Waals surface area contributed by atoms with Crippen LogP contribution < -0.4 is 10.5 Å². The van der Waals surface area contributed by atoms with Crippen molar-refractivity contribution in [1.29, 1.82) is 0 Å². The van der Waals surface area contributed by atoms with E-state index in [9.17, 15) is 4.79 Å². The molecule has 2 rings (SSSR count). The van der Waals surface area contributed by atoms with Crippen LogP contribution in [0.5, 0.6) is 5.75 Å². The molecule has 0 unspecified atom stereocenters. The molecule has 0 spiro atoms. The summed E-state index contributed by atoms with van der Waals surface area (Å²) in [5.41, 5.74) is 6.28. The molecule has 1 aromatic carbocycles. The number of benzene rings is 1. The van der Waals surface area contributed by atoms with E-state index in [4.69, 9.17) is 10.5 Å². The van der Waals surface area contributed by atoms with Crippen molar-refractivity contribution in [1.82, 2.24) is 4.90 Å². The average Bonchev–Trinajstić information content (AvgIpc) is 3.19. The predicted octanol–water partition coefficient (Wildman–Crippen LogP) is 1.91. The Kier molecular flexibility index (Phi) is 4.07. The number of rotatable bonds is 6. The van der Waals surface area contributed by atoms with Gasteiger partial charge in [0.05, 0.1) is 0 Å². The first-order valence-corrected chi connectivity index (χ1v) is 6.45. The van der Waals surface area contributed by atoms with Gasteiger partial charge in [0, 0.05) is 18.8 Å². The van der Waals surface area contributed by atoms with E-state index in [-0.39, 0.29) is 12.5 Å². The summed E-state index contributed by atoms with van der Waals surface area (Å²) in [7, 11) is 0. The van der Waals surface area contributed by atoms with Crippen LogP contribution in [0.1, 0.15) is 19.8 Å². The van der Waals surface area contributed by atoms with Crippen molar-refractivity contribution < 1.29 is 9.53 Å². The van der Waals surface area contributed by atoms with E-state index in [0.29, 0.717) is 17.4 Å². The molecule has 1 aliphatic carbocycles. The number of ether oxygens (including phenoxy) is 1. The van der Waals surface area contributed by atoms with Crippen LogP contribution in [0.4, 0.5) is 5.69 Å². The third-order valence-electron chi connectivity index (χ3n) is 3.15. The molecule has 98 valence electrons. The molecule has 1 aromatic rings. The number of carbonyl (C=O) groups is 1. The summed E-state index contributed by atoms with van der Waals surface area (Å²) < 4.78 is 5.46. The van der Waals surface area contributed by atoms with Crippen LogP contribution in [-0.4, -0.2) is 30.5 Å². The fourth-order valence-corrected chi connectivity index (χ4v) is 1.82. The quantitative estimate of drug-likeness (QED) is 0.782. The first-order chi connectivity index (χ1) is 8.69. The van der Waals surface area contributed by atoms with Gasteiger partial charge in [0.25, 0.3) is 5.91 Å². The van der Waals surface area contributed by atoms with E-state index in [1.54, 1.807) is 24.3 Å². The zero-order valence-corrected chi connectivity index (χ0v) is 10.8. The molecule has 0 saturated heterocycles. The van der Waals surface area contributed by atoms with Gasteiger partial charge in [-0.3, -0.25) is 4.79 Å². The first-order valence-electron chi connectivity index (χ1n) is 6.45. The van der Waals surface area contributed by atoms with E-state index in [2.05, 4.69) is 0 Å². The van der Waals surface area contributed by atoms with Crippen LogP contribution in [0.2, 0.25) is 0 Å². The van der Waals surface area contributed by atoms with Crippen molar-refractivity contribution in [3.63, 3.8) is 0 Å².